The Labute approximate surface area is 154 Å². The molecule has 0 spiro atoms. The summed E-state index contributed by atoms with van der Waals surface area (Å²) in [6, 6.07) is 9.53. The zero-order valence-corrected chi connectivity index (χ0v) is 15.4. The number of hydrogen-bond acceptors (Lipinski definition) is 4. The molecule has 0 atom stereocenters. The van der Waals surface area contributed by atoms with Crippen LogP contribution in [-0.4, -0.2) is 73.3 Å². The zero-order valence-electron chi connectivity index (χ0n) is 15.4. The molecule has 0 aliphatic carbocycles. The lowest BCUT2D eigenvalue weighted by atomic mass is 10.1. The van der Waals surface area contributed by atoms with Crippen molar-refractivity contribution < 1.29 is 14.4 Å². The van der Waals surface area contributed by atoms with Crippen LogP contribution in [0.15, 0.2) is 30.3 Å². The number of nitrogens with zero attached hydrogens (tertiary/aromatic N) is 2. The Morgan fingerprint density at radius 1 is 0.962 bits per heavy atom. The standard InChI is InChI=1S/C19H28N4O3/c1-2-20-18(25)15-22-10-12-23(13-11-22)19(26)8-9-21-17(24)14-16-6-4-3-5-7-16/h3-7H,2,8-15H2,1H3,(H,20,25)(H,21,24). The predicted molar refractivity (Wildman–Crippen MR) is 99.5 cm³/mol. The Morgan fingerprint density at radius 3 is 2.31 bits per heavy atom. The van der Waals surface area contributed by atoms with E-state index in [1.165, 1.54) is 0 Å². The molecule has 1 fully saturated rings. The van der Waals surface area contributed by atoms with Crippen molar-refractivity contribution in [2.45, 2.75) is 19.8 Å². The molecule has 1 aromatic carbocycles. The third-order valence-corrected chi connectivity index (χ3v) is 4.33. The van der Waals surface area contributed by atoms with Gasteiger partial charge in [-0.1, -0.05) is 30.3 Å². The van der Waals surface area contributed by atoms with Crippen molar-refractivity contribution in [3.63, 3.8) is 0 Å². The summed E-state index contributed by atoms with van der Waals surface area (Å²) in [5.41, 5.74) is 0.958. The molecule has 142 valence electrons. The van der Waals surface area contributed by atoms with Gasteiger partial charge in [-0.25, -0.2) is 0 Å². The summed E-state index contributed by atoms with van der Waals surface area (Å²) < 4.78 is 0. The van der Waals surface area contributed by atoms with E-state index >= 15 is 0 Å². The Morgan fingerprint density at radius 2 is 1.65 bits per heavy atom. The number of likely N-dealkylation sites (N-methyl/N-ethyl adjacent to an activating group) is 1. The van der Waals surface area contributed by atoms with Gasteiger partial charge >= 0.3 is 0 Å². The largest absolute Gasteiger partial charge is 0.355 e. The number of carbonyl (C=O) groups excluding carboxylic acids is 3. The van der Waals surface area contributed by atoms with Crippen LogP contribution in [0.5, 0.6) is 0 Å². The predicted octanol–water partition coefficient (Wildman–Crippen LogP) is 0.0157. The lowest BCUT2D eigenvalue weighted by Gasteiger charge is -2.34. The van der Waals surface area contributed by atoms with Gasteiger partial charge in [-0.3, -0.25) is 19.3 Å². The minimum Gasteiger partial charge on any atom is -0.355 e. The quantitative estimate of drug-likeness (QED) is 0.685. The van der Waals surface area contributed by atoms with E-state index in [0.29, 0.717) is 58.7 Å². The van der Waals surface area contributed by atoms with E-state index in [1.54, 1.807) is 4.90 Å². The molecule has 0 saturated carbocycles. The van der Waals surface area contributed by atoms with Gasteiger partial charge in [0, 0.05) is 45.7 Å². The molecule has 0 aromatic heterocycles. The minimum absolute atomic E-state index is 0.0217. The second-order valence-corrected chi connectivity index (χ2v) is 6.37. The molecule has 7 heteroatoms. The van der Waals surface area contributed by atoms with Crippen molar-refractivity contribution in [3.05, 3.63) is 35.9 Å². The van der Waals surface area contributed by atoms with E-state index in [-0.39, 0.29) is 17.7 Å². The second kappa shape index (κ2) is 10.6. The topological polar surface area (TPSA) is 81.8 Å². The van der Waals surface area contributed by atoms with Crippen LogP contribution in [0, 0.1) is 0 Å². The summed E-state index contributed by atoms with van der Waals surface area (Å²) >= 11 is 0. The van der Waals surface area contributed by atoms with Crippen molar-refractivity contribution in [2.24, 2.45) is 0 Å². The molecule has 0 unspecified atom stereocenters. The van der Waals surface area contributed by atoms with Crippen LogP contribution in [0.3, 0.4) is 0 Å². The third-order valence-electron chi connectivity index (χ3n) is 4.33. The highest BCUT2D eigenvalue weighted by Crippen LogP contribution is 2.04. The van der Waals surface area contributed by atoms with Crippen LogP contribution in [-0.2, 0) is 20.8 Å². The molecule has 3 amide bonds. The Kier molecular flexibility index (Phi) is 8.08. The average molecular weight is 360 g/mol. The van der Waals surface area contributed by atoms with E-state index in [0.717, 1.165) is 5.56 Å². The van der Waals surface area contributed by atoms with Gasteiger partial charge in [0.1, 0.15) is 0 Å². The van der Waals surface area contributed by atoms with Gasteiger partial charge < -0.3 is 15.5 Å². The van der Waals surface area contributed by atoms with Crippen LogP contribution in [0.4, 0.5) is 0 Å². The molecule has 26 heavy (non-hydrogen) atoms. The van der Waals surface area contributed by atoms with E-state index < -0.39 is 0 Å². The molecular formula is C19H28N4O3. The van der Waals surface area contributed by atoms with E-state index in [1.807, 2.05) is 37.3 Å². The lowest BCUT2D eigenvalue weighted by Crippen LogP contribution is -2.51. The first-order valence-corrected chi connectivity index (χ1v) is 9.16. The zero-order chi connectivity index (χ0) is 18.8. The maximum atomic E-state index is 12.2. The van der Waals surface area contributed by atoms with Gasteiger partial charge in [0.25, 0.3) is 0 Å². The second-order valence-electron chi connectivity index (χ2n) is 6.37. The van der Waals surface area contributed by atoms with E-state index in [9.17, 15) is 14.4 Å². The number of benzene rings is 1. The first-order chi connectivity index (χ1) is 12.6. The summed E-state index contributed by atoms with van der Waals surface area (Å²) in [4.78, 5) is 39.6. The number of rotatable bonds is 8. The SMILES string of the molecule is CCNC(=O)CN1CCN(C(=O)CCNC(=O)Cc2ccccc2)CC1. The molecular weight excluding hydrogens is 332 g/mol. The molecule has 7 nitrogen and oxygen atoms in total. The smallest absolute Gasteiger partial charge is 0.234 e. The van der Waals surface area contributed by atoms with E-state index in [4.69, 9.17) is 0 Å². The van der Waals surface area contributed by atoms with Crippen molar-refractivity contribution in [1.82, 2.24) is 20.4 Å². The first kappa shape index (κ1) is 19.9. The summed E-state index contributed by atoms with van der Waals surface area (Å²) in [6.07, 6.45) is 0.629. The molecule has 1 saturated heterocycles. The fourth-order valence-electron chi connectivity index (χ4n) is 2.92. The van der Waals surface area contributed by atoms with Gasteiger partial charge in [-0.2, -0.15) is 0 Å². The Balaban J connectivity index is 1.61. The fourth-order valence-corrected chi connectivity index (χ4v) is 2.92. The molecule has 1 aliphatic heterocycles. The number of nitrogens with one attached hydrogen (secondary N) is 2. The Bertz CT molecular complexity index is 598. The van der Waals surface area contributed by atoms with Crippen LogP contribution >= 0.6 is 0 Å². The highest BCUT2D eigenvalue weighted by Gasteiger charge is 2.22. The number of hydrogen-bond donors (Lipinski definition) is 2. The number of piperazine rings is 1. The highest BCUT2D eigenvalue weighted by molar-refractivity contribution is 5.80. The molecule has 0 bridgehead atoms. The van der Waals surface area contributed by atoms with Crippen LogP contribution in [0.2, 0.25) is 0 Å². The van der Waals surface area contributed by atoms with Gasteiger partial charge in [-0.15, -0.1) is 0 Å². The summed E-state index contributed by atoms with van der Waals surface area (Å²) in [7, 11) is 0. The molecule has 2 rings (SSSR count). The Hall–Kier alpha value is -2.41. The van der Waals surface area contributed by atoms with Crippen LogP contribution in [0.1, 0.15) is 18.9 Å². The molecule has 1 aliphatic rings. The van der Waals surface area contributed by atoms with Crippen LogP contribution < -0.4 is 10.6 Å². The van der Waals surface area contributed by atoms with Crippen molar-refractivity contribution >= 4 is 17.7 Å². The highest BCUT2D eigenvalue weighted by atomic mass is 16.2. The van der Waals surface area contributed by atoms with Crippen LogP contribution in [0.25, 0.3) is 0 Å². The molecule has 1 aromatic rings. The maximum absolute atomic E-state index is 12.2. The van der Waals surface area contributed by atoms with Gasteiger partial charge in [-0.05, 0) is 12.5 Å². The average Bonchev–Trinajstić information content (AvgIpc) is 2.63. The van der Waals surface area contributed by atoms with Crippen molar-refractivity contribution in [2.75, 3.05) is 45.8 Å². The number of amides is 3. The number of carbonyl (C=O) groups is 3. The monoisotopic (exact) mass is 360 g/mol. The first-order valence-electron chi connectivity index (χ1n) is 9.16. The lowest BCUT2D eigenvalue weighted by molar-refractivity contribution is -0.133. The van der Waals surface area contributed by atoms with Crippen molar-refractivity contribution in [3.8, 4) is 0 Å². The third kappa shape index (κ3) is 6.84. The summed E-state index contributed by atoms with van der Waals surface area (Å²) in [5, 5.41) is 5.58. The van der Waals surface area contributed by atoms with Crippen molar-refractivity contribution in [1.29, 1.82) is 0 Å². The maximum Gasteiger partial charge on any atom is 0.234 e. The minimum atomic E-state index is -0.0734. The molecule has 0 radical (unpaired) electrons. The molecule has 1 heterocycles. The van der Waals surface area contributed by atoms with Gasteiger partial charge in [0.2, 0.25) is 17.7 Å². The summed E-state index contributed by atoms with van der Waals surface area (Å²) in [6.45, 7) is 5.90. The van der Waals surface area contributed by atoms with Gasteiger partial charge in [0.05, 0.1) is 13.0 Å². The van der Waals surface area contributed by atoms with E-state index in [2.05, 4.69) is 15.5 Å². The fraction of sp³-hybridized carbons (Fsp3) is 0.526. The normalized spacial score (nSPS) is 14.7. The molecule has 2 N–H and O–H groups in total. The van der Waals surface area contributed by atoms with Gasteiger partial charge in [0.15, 0.2) is 0 Å². The summed E-state index contributed by atoms with van der Waals surface area (Å²) in [5.74, 6) is -0.00756.